The molecule has 1 aliphatic rings. The summed E-state index contributed by atoms with van der Waals surface area (Å²) in [6.45, 7) is 2.21. The molecular weight excluding hydrogens is 420 g/mol. The number of nitrogens with zero attached hydrogens (tertiary/aromatic N) is 1. The summed E-state index contributed by atoms with van der Waals surface area (Å²) in [5.41, 5.74) is 3.15. The molecule has 0 unspecified atom stereocenters. The maximum Gasteiger partial charge on any atom is 0.344 e. The molecule has 1 N–H and O–H groups in total. The van der Waals surface area contributed by atoms with Crippen LogP contribution in [0.3, 0.4) is 0 Å². The van der Waals surface area contributed by atoms with Gasteiger partial charge in [0.15, 0.2) is 0 Å². The van der Waals surface area contributed by atoms with Crippen LogP contribution in [0.5, 0.6) is 0 Å². The average molecular weight is 441 g/mol. The van der Waals surface area contributed by atoms with Gasteiger partial charge in [-0.2, -0.15) is 5.26 Å². The first-order valence-corrected chi connectivity index (χ1v) is 11.3. The van der Waals surface area contributed by atoms with Crippen LogP contribution in [0.4, 0.5) is 5.00 Å². The standard InChI is InChI=1S/C26H20N2O3S/c1-15-9-10-19-21(14-27)25(32-23(19)11-15)28-24(29)18-7-4-6-16(12-18)20-13-17-5-2-3-8-22(17)31-26(20)30/h2-8,12-13,15H,9-11H2,1H3,(H,28,29)/t15-/m0/s1. The summed E-state index contributed by atoms with van der Waals surface area (Å²) in [6, 6.07) is 18.3. The van der Waals surface area contributed by atoms with Gasteiger partial charge < -0.3 is 9.73 Å². The van der Waals surface area contributed by atoms with Crippen molar-refractivity contribution >= 4 is 33.2 Å². The van der Waals surface area contributed by atoms with Crippen LogP contribution < -0.4 is 10.9 Å². The molecule has 158 valence electrons. The second-order valence-corrected chi connectivity index (χ2v) is 9.29. The number of hydrogen-bond acceptors (Lipinski definition) is 5. The van der Waals surface area contributed by atoms with Crippen molar-refractivity contribution in [2.24, 2.45) is 5.92 Å². The van der Waals surface area contributed by atoms with Crippen molar-refractivity contribution in [1.82, 2.24) is 0 Å². The van der Waals surface area contributed by atoms with E-state index in [0.29, 0.717) is 38.8 Å². The van der Waals surface area contributed by atoms with Gasteiger partial charge in [-0.15, -0.1) is 11.3 Å². The largest absolute Gasteiger partial charge is 0.422 e. The van der Waals surface area contributed by atoms with Gasteiger partial charge in [0.1, 0.15) is 16.7 Å². The fraction of sp³-hybridized carbons (Fsp3) is 0.192. The minimum absolute atomic E-state index is 0.305. The maximum atomic E-state index is 13.0. The number of carbonyl (C=O) groups is 1. The Morgan fingerprint density at radius 3 is 2.88 bits per heavy atom. The molecule has 0 spiro atoms. The van der Waals surface area contributed by atoms with Crippen LogP contribution in [-0.2, 0) is 12.8 Å². The fourth-order valence-corrected chi connectivity index (χ4v) is 5.58. The third-order valence-corrected chi connectivity index (χ3v) is 7.10. The van der Waals surface area contributed by atoms with E-state index >= 15 is 0 Å². The fourth-order valence-electron chi connectivity index (χ4n) is 4.22. The normalized spacial score (nSPS) is 15.2. The molecule has 2 aromatic heterocycles. The molecule has 4 aromatic rings. The summed E-state index contributed by atoms with van der Waals surface area (Å²) in [5, 5.41) is 14.0. The lowest BCUT2D eigenvalue weighted by atomic mass is 9.88. The van der Waals surface area contributed by atoms with Gasteiger partial charge in [-0.25, -0.2) is 4.79 Å². The van der Waals surface area contributed by atoms with Crippen molar-refractivity contribution in [3.05, 3.63) is 86.6 Å². The summed E-state index contributed by atoms with van der Waals surface area (Å²) >= 11 is 1.50. The van der Waals surface area contributed by atoms with Gasteiger partial charge in [0.05, 0.1) is 11.1 Å². The molecule has 1 amide bonds. The lowest BCUT2D eigenvalue weighted by molar-refractivity contribution is 0.102. The molecule has 0 saturated heterocycles. The summed E-state index contributed by atoms with van der Waals surface area (Å²) < 4.78 is 5.44. The van der Waals surface area contributed by atoms with Crippen molar-refractivity contribution in [3.63, 3.8) is 0 Å². The van der Waals surface area contributed by atoms with Crippen LogP contribution >= 0.6 is 11.3 Å². The van der Waals surface area contributed by atoms with Crippen LogP contribution in [-0.4, -0.2) is 5.91 Å². The van der Waals surface area contributed by atoms with E-state index in [1.165, 1.54) is 16.2 Å². The highest BCUT2D eigenvalue weighted by atomic mass is 32.1. The van der Waals surface area contributed by atoms with Crippen LogP contribution in [0, 0.1) is 17.2 Å². The highest BCUT2D eigenvalue weighted by Crippen LogP contribution is 2.39. The zero-order valence-electron chi connectivity index (χ0n) is 17.5. The Hall–Kier alpha value is -3.69. The average Bonchev–Trinajstić information content (AvgIpc) is 3.14. The lowest BCUT2D eigenvalue weighted by Gasteiger charge is -2.17. The molecule has 5 rings (SSSR count). The summed E-state index contributed by atoms with van der Waals surface area (Å²) in [4.78, 5) is 26.7. The first-order valence-electron chi connectivity index (χ1n) is 10.5. The Morgan fingerprint density at radius 2 is 2.03 bits per heavy atom. The molecule has 0 aliphatic heterocycles. The molecule has 2 aromatic carbocycles. The molecule has 1 aliphatic carbocycles. The third-order valence-electron chi connectivity index (χ3n) is 5.93. The number of hydrogen-bond donors (Lipinski definition) is 1. The van der Waals surface area contributed by atoms with Crippen LogP contribution in [0.25, 0.3) is 22.1 Å². The molecule has 5 nitrogen and oxygen atoms in total. The zero-order chi connectivity index (χ0) is 22.2. The van der Waals surface area contributed by atoms with Gasteiger partial charge >= 0.3 is 5.63 Å². The first kappa shape index (κ1) is 20.2. The summed E-state index contributed by atoms with van der Waals surface area (Å²) in [6.07, 6.45) is 2.87. The number of para-hydroxylation sites is 1. The molecule has 0 bridgehead atoms. The van der Waals surface area contributed by atoms with Gasteiger partial charge in [-0.3, -0.25) is 4.79 Å². The molecule has 1 atom stereocenters. The van der Waals surface area contributed by atoms with Crippen molar-refractivity contribution in [2.75, 3.05) is 5.32 Å². The Morgan fingerprint density at radius 1 is 1.19 bits per heavy atom. The SMILES string of the molecule is C[C@H]1CCc2c(sc(NC(=O)c3cccc(-c4cc5ccccc5oc4=O)c3)c2C#N)C1. The predicted molar refractivity (Wildman–Crippen MR) is 126 cm³/mol. The zero-order valence-corrected chi connectivity index (χ0v) is 18.3. The Bertz CT molecular complexity index is 1460. The lowest BCUT2D eigenvalue weighted by Crippen LogP contribution is -2.12. The van der Waals surface area contributed by atoms with Crippen LogP contribution in [0.15, 0.2) is 63.8 Å². The Labute approximate surface area is 188 Å². The maximum absolute atomic E-state index is 13.0. The monoisotopic (exact) mass is 440 g/mol. The number of rotatable bonds is 3. The quantitative estimate of drug-likeness (QED) is 0.410. The van der Waals surface area contributed by atoms with Gasteiger partial charge in [0, 0.05) is 15.8 Å². The van der Waals surface area contributed by atoms with E-state index in [2.05, 4.69) is 18.3 Å². The molecule has 0 saturated carbocycles. The van der Waals surface area contributed by atoms with Gasteiger partial charge in [-0.1, -0.05) is 37.3 Å². The molecule has 32 heavy (non-hydrogen) atoms. The molecular formula is C26H20N2O3S. The van der Waals surface area contributed by atoms with E-state index in [1.807, 2.05) is 18.2 Å². The minimum Gasteiger partial charge on any atom is -0.422 e. The van der Waals surface area contributed by atoms with Gasteiger partial charge in [-0.05, 0) is 60.6 Å². The predicted octanol–water partition coefficient (Wildman–Crippen LogP) is 5.77. The van der Waals surface area contributed by atoms with E-state index in [-0.39, 0.29) is 5.91 Å². The third kappa shape index (κ3) is 3.61. The van der Waals surface area contributed by atoms with Crippen molar-refractivity contribution < 1.29 is 9.21 Å². The first-order chi connectivity index (χ1) is 15.5. The minimum atomic E-state index is -0.451. The number of benzene rings is 2. The second-order valence-electron chi connectivity index (χ2n) is 8.19. The summed E-state index contributed by atoms with van der Waals surface area (Å²) in [5.74, 6) is 0.279. The second kappa shape index (κ2) is 8.10. The van der Waals surface area contributed by atoms with Crippen LogP contribution in [0.2, 0.25) is 0 Å². The number of anilines is 1. The molecule has 6 heteroatoms. The highest BCUT2D eigenvalue weighted by molar-refractivity contribution is 7.16. The number of fused-ring (bicyclic) bond motifs is 2. The molecule has 0 radical (unpaired) electrons. The van der Waals surface area contributed by atoms with Crippen molar-refractivity contribution in [3.8, 4) is 17.2 Å². The summed E-state index contributed by atoms with van der Waals surface area (Å²) in [7, 11) is 0. The number of nitriles is 1. The van der Waals surface area contributed by atoms with E-state index in [9.17, 15) is 14.9 Å². The van der Waals surface area contributed by atoms with E-state index in [1.54, 1.807) is 36.4 Å². The number of nitrogens with one attached hydrogen (secondary N) is 1. The Balaban J connectivity index is 1.47. The van der Waals surface area contributed by atoms with E-state index in [4.69, 9.17) is 4.42 Å². The van der Waals surface area contributed by atoms with E-state index in [0.717, 1.165) is 30.2 Å². The number of amides is 1. The topological polar surface area (TPSA) is 83.1 Å². The number of thiophene rings is 1. The van der Waals surface area contributed by atoms with Crippen molar-refractivity contribution in [2.45, 2.75) is 26.2 Å². The Kier molecular flexibility index (Phi) is 5.12. The molecule has 0 fully saturated rings. The smallest absolute Gasteiger partial charge is 0.344 e. The number of carbonyl (C=O) groups excluding carboxylic acids is 1. The van der Waals surface area contributed by atoms with Crippen molar-refractivity contribution in [1.29, 1.82) is 5.26 Å². The highest BCUT2D eigenvalue weighted by Gasteiger charge is 2.25. The van der Waals surface area contributed by atoms with E-state index < -0.39 is 5.63 Å². The molecule has 2 heterocycles. The van der Waals surface area contributed by atoms with Crippen LogP contribution in [0.1, 0.15) is 39.7 Å². The van der Waals surface area contributed by atoms with Gasteiger partial charge in [0.25, 0.3) is 5.91 Å². The van der Waals surface area contributed by atoms with Gasteiger partial charge in [0.2, 0.25) is 0 Å².